The van der Waals surface area contributed by atoms with Crippen molar-refractivity contribution in [3.63, 3.8) is 0 Å². The third kappa shape index (κ3) is 0.811. The van der Waals surface area contributed by atoms with E-state index in [1.807, 2.05) is 0 Å². The Balaban J connectivity index is 2.32. The minimum Gasteiger partial charge on any atom is -0.112 e. The molecule has 0 aliphatic heterocycles. The van der Waals surface area contributed by atoms with Gasteiger partial charge in [-0.25, -0.2) is 0 Å². The Hall–Kier alpha value is -1.52. The molecule has 0 saturated carbocycles. The molecule has 0 atom stereocenters. The Morgan fingerprint density at radius 2 is 2.08 bits per heavy atom. The van der Waals surface area contributed by atoms with Crippen molar-refractivity contribution < 1.29 is 0 Å². The Labute approximate surface area is 77.9 Å². The van der Waals surface area contributed by atoms with E-state index in [4.69, 9.17) is 0 Å². The molecule has 62 valence electrons. The standard InChI is InChI=1S/C13H10/c1-9-6-7-12-11-5-3-2-4-10(11)8-13(9)12/h2-6H,8H2,1H3. The summed E-state index contributed by atoms with van der Waals surface area (Å²) in [6, 6.07) is 8.61. The maximum absolute atomic E-state index is 3.34. The van der Waals surface area contributed by atoms with Crippen molar-refractivity contribution in [2.24, 2.45) is 0 Å². The third-order valence-electron chi connectivity index (χ3n) is 2.86. The van der Waals surface area contributed by atoms with Gasteiger partial charge in [-0.05, 0) is 41.7 Å². The maximum atomic E-state index is 3.34. The Morgan fingerprint density at radius 3 is 3.00 bits per heavy atom. The molecule has 0 heterocycles. The van der Waals surface area contributed by atoms with Gasteiger partial charge in [0.2, 0.25) is 0 Å². The first-order valence-corrected chi connectivity index (χ1v) is 4.61. The van der Waals surface area contributed by atoms with E-state index in [-0.39, 0.29) is 0 Å². The monoisotopic (exact) mass is 166 g/mol. The number of allylic oxidation sites excluding steroid dienone is 3. The van der Waals surface area contributed by atoms with Crippen LogP contribution in [-0.2, 0) is 6.42 Å². The van der Waals surface area contributed by atoms with Crippen LogP contribution in [-0.4, -0.2) is 0 Å². The molecule has 13 heavy (non-hydrogen) atoms. The van der Waals surface area contributed by atoms with Gasteiger partial charge in [0.15, 0.2) is 0 Å². The van der Waals surface area contributed by atoms with E-state index in [9.17, 15) is 0 Å². The van der Waals surface area contributed by atoms with Crippen LogP contribution in [0.5, 0.6) is 0 Å². The molecule has 0 aromatic heterocycles. The van der Waals surface area contributed by atoms with Crippen LogP contribution in [0, 0.1) is 0 Å². The first-order chi connectivity index (χ1) is 6.36. The summed E-state index contributed by atoms with van der Waals surface area (Å²) in [6.07, 6.45) is 3.20. The van der Waals surface area contributed by atoms with Crippen LogP contribution in [0.25, 0.3) is 5.57 Å². The van der Waals surface area contributed by atoms with E-state index < -0.39 is 0 Å². The van der Waals surface area contributed by atoms with Crippen LogP contribution < -0.4 is 0 Å². The zero-order chi connectivity index (χ0) is 8.84. The van der Waals surface area contributed by atoms with Crippen molar-refractivity contribution in [3.05, 3.63) is 58.3 Å². The van der Waals surface area contributed by atoms with Crippen molar-refractivity contribution in [3.8, 4) is 0 Å². The van der Waals surface area contributed by atoms with Crippen LogP contribution in [0.4, 0.5) is 0 Å². The van der Waals surface area contributed by atoms with Crippen molar-refractivity contribution in [1.82, 2.24) is 0 Å². The summed E-state index contributed by atoms with van der Waals surface area (Å²) >= 11 is 0. The lowest BCUT2D eigenvalue weighted by Crippen LogP contribution is -1.80. The van der Waals surface area contributed by atoms with E-state index in [1.54, 1.807) is 0 Å². The minimum atomic E-state index is 1.10. The second-order valence-corrected chi connectivity index (χ2v) is 3.66. The maximum Gasteiger partial charge on any atom is 0.0278 e. The smallest absolute Gasteiger partial charge is 0.0278 e. The van der Waals surface area contributed by atoms with Crippen LogP contribution >= 0.6 is 0 Å². The highest BCUT2D eigenvalue weighted by Gasteiger charge is 2.23. The lowest BCUT2D eigenvalue weighted by molar-refractivity contribution is 1.24. The third-order valence-corrected chi connectivity index (χ3v) is 2.86. The molecule has 0 amide bonds. The van der Waals surface area contributed by atoms with Gasteiger partial charge < -0.3 is 0 Å². The molecule has 3 rings (SSSR count). The molecule has 0 bridgehead atoms. The van der Waals surface area contributed by atoms with Gasteiger partial charge in [0, 0.05) is 5.57 Å². The molecule has 1 aromatic carbocycles. The lowest BCUT2D eigenvalue weighted by Gasteiger charge is -1.95. The van der Waals surface area contributed by atoms with Gasteiger partial charge in [0.1, 0.15) is 0 Å². The van der Waals surface area contributed by atoms with Gasteiger partial charge >= 0.3 is 0 Å². The first kappa shape index (κ1) is 6.94. The van der Waals surface area contributed by atoms with Crippen molar-refractivity contribution >= 4 is 5.57 Å². The molecule has 0 fully saturated rings. The topological polar surface area (TPSA) is 0 Å². The number of hydrogen-bond acceptors (Lipinski definition) is 0. The summed E-state index contributed by atoms with van der Waals surface area (Å²) in [5, 5.41) is 0. The fraction of sp³-hybridized carbons (Fsp3) is 0.154. The molecule has 0 N–H and O–H groups in total. The van der Waals surface area contributed by atoms with Gasteiger partial charge in [0.05, 0.1) is 0 Å². The number of hydrogen-bond donors (Lipinski definition) is 0. The molecule has 0 spiro atoms. The molecule has 2 aliphatic rings. The molecule has 0 unspecified atom stereocenters. The zero-order valence-corrected chi connectivity index (χ0v) is 7.59. The molecular formula is C13H10. The van der Waals surface area contributed by atoms with E-state index in [0.717, 1.165) is 6.42 Å². The fourth-order valence-corrected chi connectivity index (χ4v) is 2.13. The molecule has 0 heteroatoms. The van der Waals surface area contributed by atoms with Crippen molar-refractivity contribution in [2.45, 2.75) is 13.3 Å². The second-order valence-electron chi connectivity index (χ2n) is 3.66. The lowest BCUT2D eigenvalue weighted by atomic mass is 10.1. The van der Waals surface area contributed by atoms with Gasteiger partial charge in [-0.15, -0.1) is 5.73 Å². The summed E-state index contributed by atoms with van der Waals surface area (Å²) in [5.74, 6) is 0. The molecule has 0 nitrogen and oxygen atoms in total. The molecule has 0 saturated heterocycles. The van der Waals surface area contributed by atoms with Crippen molar-refractivity contribution in [2.75, 3.05) is 0 Å². The summed E-state index contributed by atoms with van der Waals surface area (Å²) in [5.41, 5.74) is 10.4. The average molecular weight is 166 g/mol. The van der Waals surface area contributed by atoms with Gasteiger partial charge in [-0.1, -0.05) is 24.3 Å². The molecular weight excluding hydrogens is 156 g/mol. The Morgan fingerprint density at radius 1 is 1.23 bits per heavy atom. The van der Waals surface area contributed by atoms with Gasteiger partial charge in [0.25, 0.3) is 0 Å². The highest BCUT2D eigenvalue weighted by atomic mass is 14.3. The first-order valence-electron chi connectivity index (χ1n) is 4.61. The average Bonchev–Trinajstić information content (AvgIpc) is 2.67. The van der Waals surface area contributed by atoms with Crippen LogP contribution in [0.2, 0.25) is 0 Å². The van der Waals surface area contributed by atoms with Gasteiger partial charge in [-0.3, -0.25) is 0 Å². The quantitative estimate of drug-likeness (QED) is 0.519. The van der Waals surface area contributed by atoms with Crippen molar-refractivity contribution in [1.29, 1.82) is 0 Å². The number of fused-ring (bicyclic) bond motifs is 3. The molecule has 1 aromatic rings. The second kappa shape index (κ2) is 2.25. The predicted molar refractivity (Wildman–Crippen MR) is 54.3 cm³/mol. The zero-order valence-electron chi connectivity index (χ0n) is 7.59. The van der Waals surface area contributed by atoms with E-state index in [2.05, 4.69) is 43.0 Å². The van der Waals surface area contributed by atoms with Gasteiger partial charge in [-0.2, -0.15) is 0 Å². The molecule has 2 aliphatic carbocycles. The molecule has 0 radical (unpaired) electrons. The number of benzene rings is 1. The fourth-order valence-electron chi connectivity index (χ4n) is 2.13. The van der Waals surface area contributed by atoms with E-state index in [1.165, 1.54) is 27.8 Å². The summed E-state index contributed by atoms with van der Waals surface area (Å²) in [7, 11) is 0. The summed E-state index contributed by atoms with van der Waals surface area (Å²) in [6.45, 7) is 2.17. The minimum absolute atomic E-state index is 1.10. The number of rotatable bonds is 0. The van der Waals surface area contributed by atoms with Crippen LogP contribution in [0.15, 0.2) is 47.2 Å². The summed E-state index contributed by atoms with van der Waals surface area (Å²) < 4.78 is 0. The van der Waals surface area contributed by atoms with Crippen LogP contribution in [0.3, 0.4) is 0 Å². The van der Waals surface area contributed by atoms with E-state index >= 15 is 0 Å². The predicted octanol–water partition coefficient (Wildman–Crippen LogP) is 3.11. The normalized spacial score (nSPS) is 17.5. The van der Waals surface area contributed by atoms with E-state index in [0.29, 0.717) is 0 Å². The van der Waals surface area contributed by atoms with Crippen LogP contribution in [0.1, 0.15) is 18.1 Å². The Kier molecular flexibility index (Phi) is 1.20. The largest absolute Gasteiger partial charge is 0.112 e. The summed E-state index contributed by atoms with van der Waals surface area (Å²) in [4.78, 5) is 0. The highest BCUT2D eigenvalue weighted by Crippen LogP contribution is 2.40. The SMILES string of the molecule is CC1=C2Cc3ccccc3C2=C=C1. The highest BCUT2D eigenvalue weighted by molar-refractivity contribution is 5.89. The Bertz CT molecular complexity index is 481.